The minimum atomic E-state index is -0.730. The summed E-state index contributed by atoms with van der Waals surface area (Å²) in [4.78, 5) is 0. The van der Waals surface area contributed by atoms with E-state index in [2.05, 4.69) is 13.8 Å². The largest absolute Gasteiger partial charge is 0.493 e. The van der Waals surface area contributed by atoms with Crippen LogP contribution in [0.4, 0.5) is 0 Å². The van der Waals surface area contributed by atoms with Gasteiger partial charge in [0.05, 0.1) is 34.5 Å². The number of methoxy groups -OCH3 is 4. The van der Waals surface area contributed by atoms with Gasteiger partial charge in [0.1, 0.15) is 0 Å². The molecule has 7 nitrogen and oxygen atoms in total. The Balaban J connectivity index is 2.16. The molecular weight excluding hydrogens is 388 g/mol. The van der Waals surface area contributed by atoms with Crippen LogP contribution in [0.5, 0.6) is 34.5 Å². The molecule has 2 aliphatic rings. The van der Waals surface area contributed by atoms with Gasteiger partial charge < -0.3 is 33.5 Å². The maximum absolute atomic E-state index is 11.3. The van der Waals surface area contributed by atoms with Crippen molar-refractivity contribution in [3.8, 4) is 45.6 Å². The first-order valence-corrected chi connectivity index (χ1v) is 9.97. The Kier molecular flexibility index (Phi) is 5.32. The Hall–Kier alpha value is -2.80. The lowest BCUT2D eigenvalue weighted by Crippen LogP contribution is -2.22. The summed E-state index contributed by atoms with van der Waals surface area (Å²) in [5.41, 5.74) is 3.26. The van der Waals surface area contributed by atoms with Crippen LogP contribution in [0.15, 0.2) is 12.1 Å². The summed E-state index contributed by atoms with van der Waals surface area (Å²) in [6.45, 7) is 4.33. The lowest BCUT2D eigenvalue weighted by atomic mass is 9.76. The average molecular weight is 416 g/mol. The molecule has 0 fully saturated rings. The zero-order valence-corrected chi connectivity index (χ0v) is 18.2. The molecule has 2 aromatic rings. The molecule has 0 amide bonds. The Bertz CT molecular complexity index is 969. The van der Waals surface area contributed by atoms with Crippen molar-refractivity contribution in [2.45, 2.75) is 26.4 Å². The molecule has 0 radical (unpaired) electrons. The number of rotatable bonds is 4. The highest BCUT2D eigenvalue weighted by molar-refractivity contribution is 5.88. The smallest absolute Gasteiger partial charge is 0.231 e. The molecule has 1 heterocycles. The quantitative estimate of drug-likeness (QED) is 0.808. The fourth-order valence-electron chi connectivity index (χ4n) is 4.49. The fraction of sp³-hybridized carbons (Fsp3) is 0.478. The van der Waals surface area contributed by atoms with Crippen molar-refractivity contribution in [2.24, 2.45) is 11.8 Å². The van der Waals surface area contributed by atoms with E-state index >= 15 is 0 Å². The van der Waals surface area contributed by atoms with Crippen molar-refractivity contribution in [1.29, 1.82) is 0 Å². The molecule has 0 unspecified atom stereocenters. The summed E-state index contributed by atoms with van der Waals surface area (Å²) in [6.07, 6.45) is 0.00399. The lowest BCUT2D eigenvalue weighted by Gasteiger charge is -2.33. The third-order valence-electron chi connectivity index (χ3n) is 6.27. The Morgan fingerprint density at radius 3 is 2.20 bits per heavy atom. The van der Waals surface area contributed by atoms with E-state index in [1.807, 2.05) is 12.1 Å². The van der Waals surface area contributed by atoms with Crippen LogP contribution < -0.4 is 28.4 Å². The second-order valence-electron chi connectivity index (χ2n) is 7.77. The zero-order valence-electron chi connectivity index (χ0n) is 18.2. The Morgan fingerprint density at radius 1 is 0.867 bits per heavy atom. The van der Waals surface area contributed by atoms with Crippen LogP contribution in [-0.4, -0.2) is 40.3 Å². The minimum Gasteiger partial charge on any atom is -0.493 e. The lowest BCUT2D eigenvalue weighted by molar-refractivity contribution is 0.0863. The molecule has 162 valence electrons. The molecule has 0 bridgehead atoms. The third kappa shape index (κ3) is 2.91. The highest BCUT2D eigenvalue weighted by Crippen LogP contribution is 2.57. The first kappa shape index (κ1) is 20.5. The van der Waals surface area contributed by atoms with Gasteiger partial charge in [-0.05, 0) is 41.5 Å². The molecule has 1 aliphatic carbocycles. The first-order valence-electron chi connectivity index (χ1n) is 9.97. The van der Waals surface area contributed by atoms with Gasteiger partial charge in [-0.2, -0.15) is 0 Å². The molecule has 4 rings (SSSR count). The van der Waals surface area contributed by atoms with E-state index in [1.165, 1.54) is 0 Å². The molecule has 2 aromatic carbocycles. The molecule has 0 saturated carbocycles. The van der Waals surface area contributed by atoms with Gasteiger partial charge in [0.15, 0.2) is 23.0 Å². The van der Waals surface area contributed by atoms with Crippen molar-refractivity contribution >= 4 is 0 Å². The van der Waals surface area contributed by atoms with Crippen LogP contribution in [0.3, 0.4) is 0 Å². The summed E-state index contributed by atoms with van der Waals surface area (Å²) < 4.78 is 34.2. The number of hydrogen-bond acceptors (Lipinski definition) is 7. The summed E-state index contributed by atoms with van der Waals surface area (Å²) in [7, 11) is 6.31. The zero-order chi connectivity index (χ0) is 21.6. The van der Waals surface area contributed by atoms with Crippen LogP contribution in [0.2, 0.25) is 0 Å². The van der Waals surface area contributed by atoms with Crippen molar-refractivity contribution in [3.63, 3.8) is 0 Å². The molecule has 1 aliphatic heterocycles. The van der Waals surface area contributed by atoms with Crippen LogP contribution in [0, 0.1) is 11.8 Å². The van der Waals surface area contributed by atoms with E-state index in [0.717, 1.165) is 17.5 Å². The van der Waals surface area contributed by atoms with Gasteiger partial charge in [0, 0.05) is 11.1 Å². The predicted molar refractivity (Wildman–Crippen MR) is 111 cm³/mol. The standard InChI is InChI=1S/C23H28O7/c1-11-7-13-8-16-21(30-10-29-16)22(27-5)17(13)18-14(19(24)12(11)2)9-15(25-3)20(26-4)23(18)28-6/h8-9,11-12,19,24H,7,10H2,1-6H3/t11-,12+,19+/m1/s1. The van der Waals surface area contributed by atoms with Crippen LogP contribution in [0.25, 0.3) is 11.1 Å². The SMILES string of the molecule is COc1cc2c(c(OC)c1OC)-c1c(cc3c(c1OC)OCO3)C[C@@H](C)[C@H](C)[C@@H]2O. The number of benzene rings is 2. The van der Waals surface area contributed by atoms with Gasteiger partial charge in [0.2, 0.25) is 18.3 Å². The van der Waals surface area contributed by atoms with E-state index in [-0.39, 0.29) is 18.6 Å². The summed E-state index contributed by atoms with van der Waals surface area (Å²) >= 11 is 0. The molecular formula is C23H28O7. The summed E-state index contributed by atoms with van der Waals surface area (Å²) in [6, 6.07) is 3.82. The van der Waals surface area contributed by atoms with Gasteiger partial charge in [-0.3, -0.25) is 0 Å². The highest BCUT2D eigenvalue weighted by atomic mass is 16.7. The Labute approximate surface area is 176 Å². The molecule has 0 spiro atoms. The predicted octanol–water partition coefficient (Wildman–Crippen LogP) is 3.98. The average Bonchev–Trinajstić information content (AvgIpc) is 3.23. The molecule has 0 saturated heterocycles. The van der Waals surface area contributed by atoms with Crippen molar-refractivity contribution in [3.05, 3.63) is 23.3 Å². The molecule has 0 aromatic heterocycles. The monoisotopic (exact) mass is 416 g/mol. The van der Waals surface area contributed by atoms with E-state index < -0.39 is 6.10 Å². The third-order valence-corrected chi connectivity index (χ3v) is 6.27. The highest BCUT2D eigenvalue weighted by Gasteiger charge is 2.37. The van der Waals surface area contributed by atoms with Crippen molar-refractivity contribution < 1.29 is 33.5 Å². The van der Waals surface area contributed by atoms with Crippen LogP contribution in [-0.2, 0) is 6.42 Å². The van der Waals surface area contributed by atoms with Gasteiger partial charge in [-0.15, -0.1) is 0 Å². The first-order chi connectivity index (χ1) is 14.5. The van der Waals surface area contributed by atoms with Gasteiger partial charge >= 0.3 is 0 Å². The summed E-state index contributed by atoms with van der Waals surface area (Å²) in [5.74, 6) is 3.40. The normalized spacial score (nSPS) is 21.8. The van der Waals surface area contributed by atoms with Crippen molar-refractivity contribution in [2.75, 3.05) is 35.2 Å². The molecule has 1 N–H and O–H groups in total. The minimum absolute atomic E-state index is 0.00359. The molecule has 7 heteroatoms. The van der Waals surface area contributed by atoms with Crippen LogP contribution >= 0.6 is 0 Å². The topological polar surface area (TPSA) is 75.6 Å². The number of hydrogen-bond donors (Lipinski definition) is 1. The van der Waals surface area contributed by atoms with E-state index in [0.29, 0.717) is 45.6 Å². The number of aliphatic hydroxyl groups excluding tert-OH is 1. The Morgan fingerprint density at radius 2 is 1.57 bits per heavy atom. The van der Waals surface area contributed by atoms with E-state index in [9.17, 15) is 5.11 Å². The van der Waals surface area contributed by atoms with Gasteiger partial charge in [-0.1, -0.05) is 13.8 Å². The van der Waals surface area contributed by atoms with Crippen molar-refractivity contribution in [1.82, 2.24) is 0 Å². The van der Waals surface area contributed by atoms with Gasteiger partial charge in [0.25, 0.3) is 0 Å². The number of aliphatic hydroxyl groups is 1. The van der Waals surface area contributed by atoms with E-state index in [1.54, 1.807) is 28.4 Å². The number of ether oxygens (including phenoxy) is 6. The van der Waals surface area contributed by atoms with Crippen LogP contribution in [0.1, 0.15) is 31.1 Å². The maximum atomic E-state index is 11.3. The number of fused-ring (bicyclic) bond motifs is 4. The fourth-order valence-corrected chi connectivity index (χ4v) is 4.49. The maximum Gasteiger partial charge on any atom is 0.231 e. The molecule has 3 atom stereocenters. The second kappa shape index (κ2) is 7.80. The van der Waals surface area contributed by atoms with E-state index in [4.69, 9.17) is 28.4 Å². The summed E-state index contributed by atoms with van der Waals surface area (Å²) in [5, 5.41) is 11.3. The molecule has 30 heavy (non-hydrogen) atoms. The van der Waals surface area contributed by atoms with Gasteiger partial charge in [-0.25, -0.2) is 0 Å². The second-order valence-corrected chi connectivity index (χ2v) is 7.77.